The minimum absolute atomic E-state index is 0.112. The molecule has 2 heterocycles. The Hall–Kier alpha value is -1.89. The van der Waals surface area contributed by atoms with Gasteiger partial charge in [-0.25, -0.2) is 4.79 Å². The number of carbonyl (C=O) groups excluding carboxylic acids is 2. The van der Waals surface area contributed by atoms with Crippen LogP contribution in [0.2, 0.25) is 0 Å². The molecule has 1 amide bonds. The number of nitrogens with one attached hydrogen (secondary N) is 1. The van der Waals surface area contributed by atoms with E-state index in [4.69, 9.17) is 9.47 Å². The van der Waals surface area contributed by atoms with Gasteiger partial charge in [-0.15, -0.1) is 0 Å². The van der Waals surface area contributed by atoms with Crippen LogP contribution in [0, 0.1) is 0 Å². The van der Waals surface area contributed by atoms with E-state index in [9.17, 15) is 9.59 Å². The Kier molecular flexibility index (Phi) is 4.04. The number of nitrogens with zero attached hydrogens (tertiary/aromatic N) is 2. The third-order valence-corrected chi connectivity index (χ3v) is 3.11. The molecule has 1 aliphatic heterocycles. The molecule has 116 valence electrons. The molecule has 1 unspecified atom stereocenters. The average molecular weight is 295 g/mol. The lowest BCUT2D eigenvalue weighted by Gasteiger charge is -2.30. The molecule has 1 atom stereocenters. The van der Waals surface area contributed by atoms with Crippen LogP contribution in [0.5, 0.6) is 0 Å². The summed E-state index contributed by atoms with van der Waals surface area (Å²) in [4.78, 5) is 24.7. The molecule has 1 aromatic rings. The second-order valence-electron chi connectivity index (χ2n) is 6.22. The number of hydrogen-bond donors (Lipinski definition) is 1. The molecule has 0 saturated carbocycles. The van der Waals surface area contributed by atoms with Crippen LogP contribution in [0.15, 0.2) is 12.3 Å². The van der Waals surface area contributed by atoms with Crippen LogP contribution in [0.3, 0.4) is 0 Å². The Morgan fingerprint density at radius 1 is 1.48 bits per heavy atom. The number of hydrogen-bond acceptors (Lipinski definition) is 5. The zero-order chi connectivity index (χ0) is 15.7. The molecule has 0 spiro atoms. The van der Waals surface area contributed by atoms with Crippen molar-refractivity contribution in [2.24, 2.45) is 7.05 Å². The van der Waals surface area contributed by atoms with Crippen molar-refractivity contribution in [3.8, 4) is 0 Å². The van der Waals surface area contributed by atoms with Crippen LogP contribution in [0.4, 0.5) is 0 Å². The molecule has 0 bridgehead atoms. The smallest absolute Gasteiger partial charge is 0.334 e. The van der Waals surface area contributed by atoms with Gasteiger partial charge in [0, 0.05) is 26.3 Å². The minimum atomic E-state index is -1.14. The van der Waals surface area contributed by atoms with Gasteiger partial charge in [-0.05, 0) is 26.8 Å². The van der Waals surface area contributed by atoms with Crippen LogP contribution >= 0.6 is 0 Å². The van der Waals surface area contributed by atoms with E-state index in [0.29, 0.717) is 13.0 Å². The lowest BCUT2D eigenvalue weighted by Crippen LogP contribution is -2.57. The summed E-state index contributed by atoms with van der Waals surface area (Å²) in [7, 11) is 1.72. The van der Waals surface area contributed by atoms with Gasteiger partial charge in [0.05, 0.1) is 6.61 Å². The summed E-state index contributed by atoms with van der Waals surface area (Å²) in [5, 5.41) is 6.76. The van der Waals surface area contributed by atoms with E-state index in [1.165, 1.54) is 4.68 Å². The predicted molar refractivity (Wildman–Crippen MR) is 74.7 cm³/mol. The van der Waals surface area contributed by atoms with Crippen molar-refractivity contribution in [2.45, 2.75) is 38.3 Å². The lowest BCUT2D eigenvalue weighted by atomic mass is 9.98. The normalized spacial score (nSPS) is 22.1. The first-order valence-corrected chi connectivity index (χ1v) is 6.85. The van der Waals surface area contributed by atoms with Crippen LogP contribution in [0.1, 0.15) is 37.7 Å². The summed E-state index contributed by atoms with van der Waals surface area (Å²) in [6, 6.07) is 1.59. The molecule has 2 rings (SSSR count). The van der Waals surface area contributed by atoms with Gasteiger partial charge in [0.2, 0.25) is 0 Å². The third-order valence-electron chi connectivity index (χ3n) is 3.11. The van der Waals surface area contributed by atoms with E-state index in [-0.39, 0.29) is 12.3 Å². The van der Waals surface area contributed by atoms with Gasteiger partial charge in [0.1, 0.15) is 11.3 Å². The molecule has 0 radical (unpaired) electrons. The van der Waals surface area contributed by atoms with Crippen molar-refractivity contribution in [3.05, 3.63) is 18.0 Å². The number of aromatic nitrogens is 2. The predicted octanol–water partition coefficient (Wildman–Crippen LogP) is 0.651. The van der Waals surface area contributed by atoms with Gasteiger partial charge in [-0.2, -0.15) is 5.10 Å². The highest BCUT2D eigenvalue weighted by atomic mass is 16.6. The summed E-state index contributed by atoms with van der Waals surface area (Å²) in [6.07, 6.45) is 2.06. The van der Waals surface area contributed by atoms with Gasteiger partial charge < -0.3 is 14.8 Å². The molecule has 1 saturated heterocycles. The standard InChI is InChI=1S/C14H21N3O4/c1-13(2,3)21-12(19)14(6-8-20-9-14)15-11(18)10-5-7-17(4)16-10/h5,7H,6,8-9H2,1-4H3,(H,15,18). The summed E-state index contributed by atoms with van der Waals surface area (Å²) < 4.78 is 12.2. The summed E-state index contributed by atoms with van der Waals surface area (Å²) in [5.41, 5.74) is -1.50. The number of amides is 1. The fourth-order valence-corrected chi connectivity index (χ4v) is 2.07. The van der Waals surface area contributed by atoms with Gasteiger partial charge in [-0.3, -0.25) is 9.48 Å². The Morgan fingerprint density at radius 2 is 2.19 bits per heavy atom. The molecule has 1 aliphatic rings. The molecule has 1 fully saturated rings. The van der Waals surface area contributed by atoms with Crippen molar-refractivity contribution < 1.29 is 19.1 Å². The fraction of sp³-hybridized carbons (Fsp3) is 0.643. The van der Waals surface area contributed by atoms with Crippen LogP contribution in [-0.4, -0.2) is 46.0 Å². The second kappa shape index (κ2) is 5.48. The molecule has 0 aliphatic carbocycles. The first-order valence-electron chi connectivity index (χ1n) is 6.85. The molecule has 7 nitrogen and oxygen atoms in total. The monoisotopic (exact) mass is 295 g/mol. The average Bonchev–Trinajstić information content (AvgIpc) is 2.96. The molecule has 1 N–H and O–H groups in total. The van der Waals surface area contributed by atoms with Gasteiger partial charge in [0.15, 0.2) is 5.54 Å². The Labute approximate surface area is 123 Å². The maximum absolute atomic E-state index is 12.4. The third kappa shape index (κ3) is 3.60. The second-order valence-corrected chi connectivity index (χ2v) is 6.22. The van der Waals surface area contributed by atoms with E-state index in [1.807, 2.05) is 0 Å². The van der Waals surface area contributed by atoms with Gasteiger partial charge in [0.25, 0.3) is 5.91 Å². The van der Waals surface area contributed by atoms with Crippen molar-refractivity contribution in [1.29, 1.82) is 0 Å². The van der Waals surface area contributed by atoms with E-state index in [0.717, 1.165) is 0 Å². The summed E-state index contributed by atoms with van der Waals surface area (Å²) in [5.74, 6) is -0.885. The summed E-state index contributed by atoms with van der Waals surface area (Å²) >= 11 is 0. The SMILES string of the molecule is Cn1ccc(C(=O)NC2(C(=O)OC(C)(C)C)CCOC2)n1. The number of carbonyl (C=O) groups is 2. The minimum Gasteiger partial charge on any atom is -0.458 e. The Bertz CT molecular complexity index is 539. The Morgan fingerprint density at radius 3 is 2.67 bits per heavy atom. The van der Waals surface area contributed by atoms with Gasteiger partial charge >= 0.3 is 5.97 Å². The van der Waals surface area contributed by atoms with E-state index >= 15 is 0 Å². The van der Waals surface area contributed by atoms with Gasteiger partial charge in [-0.1, -0.05) is 0 Å². The maximum Gasteiger partial charge on any atom is 0.334 e. The van der Waals surface area contributed by atoms with E-state index in [1.54, 1.807) is 40.1 Å². The zero-order valence-corrected chi connectivity index (χ0v) is 12.8. The fourth-order valence-electron chi connectivity index (χ4n) is 2.07. The quantitative estimate of drug-likeness (QED) is 0.828. The van der Waals surface area contributed by atoms with Crippen LogP contribution in [0.25, 0.3) is 0 Å². The molecular formula is C14H21N3O4. The highest BCUT2D eigenvalue weighted by molar-refractivity contribution is 5.97. The number of esters is 1. The Balaban J connectivity index is 2.15. The van der Waals surface area contributed by atoms with Crippen LogP contribution < -0.4 is 5.32 Å². The number of rotatable bonds is 3. The highest BCUT2D eigenvalue weighted by Crippen LogP contribution is 2.24. The number of ether oxygens (including phenoxy) is 2. The lowest BCUT2D eigenvalue weighted by molar-refractivity contribution is -0.162. The highest BCUT2D eigenvalue weighted by Gasteiger charge is 2.46. The molecular weight excluding hydrogens is 274 g/mol. The van der Waals surface area contributed by atoms with Crippen LogP contribution in [-0.2, 0) is 21.3 Å². The van der Waals surface area contributed by atoms with Crippen molar-refractivity contribution >= 4 is 11.9 Å². The molecule has 21 heavy (non-hydrogen) atoms. The molecule has 7 heteroatoms. The zero-order valence-electron chi connectivity index (χ0n) is 12.8. The van der Waals surface area contributed by atoms with Crippen molar-refractivity contribution in [3.63, 3.8) is 0 Å². The van der Waals surface area contributed by atoms with E-state index < -0.39 is 23.0 Å². The summed E-state index contributed by atoms with van der Waals surface area (Å²) in [6.45, 7) is 5.88. The largest absolute Gasteiger partial charge is 0.458 e. The van der Waals surface area contributed by atoms with E-state index in [2.05, 4.69) is 10.4 Å². The van der Waals surface area contributed by atoms with Crippen molar-refractivity contribution in [2.75, 3.05) is 13.2 Å². The first-order chi connectivity index (χ1) is 9.72. The number of aryl methyl sites for hydroxylation is 1. The maximum atomic E-state index is 12.4. The van der Waals surface area contributed by atoms with Crippen molar-refractivity contribution in [1.82, 2.24) is 15.1 Å². The first kappa shape index (κ1) is 15.5. The molecule has 0 aromatic carbocycles. The topological polar surface area (TPSA) is 82.5 Å². The molecule has 1 aromatic heterocycles.